The second-order valence-corrected chi connectivity index (χ2v) is 4.74. The molecule has 0 saturated heterocycles. The van der Waals surface area contributed by atoms with Crippen LogP contribution in [0.4, 0.5) is 5.69 Å². The number of aryl methyl sites for hydroxylation is 1. The van der Waals surface area contributed by atoms with Crippen molar-refractivity contribution in [2.24, 2.45) is 0 Å². The molecule has 2 nitrogen and oxygen atoms in total. The molecule has 1 aromatic heterocycles. The molecule has 3 N–H and O–H groups in total. The van der Waals surface area contributed by atoms with Crippen LogP contribution in [0.25, 0.3) is 10.9 Å². The van der Waals surface area contributed by atoms with Crippen LogP contribution >= 0.6 is 0 Å². The minimum Gasteiger partial charge on any atom is -0.398 e. The van der Waals surface area contributed by atoms with E-state index in [1.165, 1.54) is 27.6 Å². The van der Waals surface area contributed by atoms with Gasteiger partial charge in [-0.05, 0) is 36.2 Å². The number of rotatable bonds is 2. The van der Waals surface area contributed by atoms with Crippen LogP contribution in [0.3, 0.4) is 0 Å². The predicted molar refractivity (Wildman–Crippen MR) is 76.7 cm³/mol. The van der Waals surface area contributed by atoms with Crippen LogP contribution in [0.2, 0.25) is 0 Å². The summed E-state index contributed by atoms with van der Waals surface area (Å²) in [4.78, 5) is 3.31. The van der Waals surface area contributed by atoms with Crippen molar-refractivity contribution in [2.45, 2.75) is 13.3 Å². The molecule has 0 bridgehead atoms. The van der Waals surface area contributed by atoms with E-state index in [-0.39, 0.29) is 0 Å². The van der Waals surface area contributed by atoms with Gasteiger partial charge in [0.2, 0.25) is 0 Å². The summed E-state index contributed by atoms with van der Waals surface area (Å²) in [5.74, 6) is 0. The van der Waals surface area contributed by atoms with Gasteiger partial charge >= 0.3 is 0 Å². The van der Waals surface area contributed by atoms with Crippen LogP contribution < -0.4 is 5.73 Å². The summed E-state index contributed by atoms with van der Waals surface area (Å²) in [6.45, 7) is 2.12. The number of hydrogen-bond acceptors (Lipinski definition) is 1. The first kappa shape index (κ1) is 10.9. The van der Waals surface area contributed by atoms with Gasteiger partial charge in [0, 0.05) is 29.2 Å². The monoisotopic (exact) mass is 236 g/mol. The Morgan fingerprint density at radius 2 is 1.89 bits per heavy atom. The highest BCUT2D eigenvalue weighted by atomic mass is 14.7. The molecule has 0 atom stereocenters. The SMILES string of the molecule is Cc1ccc2[nH]cc(Cc3ccccc3N)c2c1. The average Bonchev–Trinajstić information content (AvgIpc) is 2.75. The van der Waals surface area contributed by atoms with Gasteiger partial charge in [0.15, 0.2) is 0 Å². The fourth-order valence-electron chi connectivity index (χ4n) is 2.34. The van der Waals surface area contributed by atoms with E-state index in [1.54, 1.807) is 0 Å². The molecule has 2 aromatic carbocycles. The van der Waals surface area contributed by atoms with Crippen molar-refractivity contribution in [2.75, 3.05) is 5.73 Å². The Balaban J connectivity index is 2.05. The summed E-state index contributed by atoms with van der Waals surface area (Å²) in [6, 6.07) is 14.5. The quantitative estimate of drug-likeness (QED) is 0.655. The smallest absolute Gasteiger partial charge is 0.0457 e. The maximum absolute atomic E-state index is 6.00. The van der Waals surface area contributed by atoms with Crippen LogP contribution in [0.1, 0.15) is 16.7 Å². The lowest BCUT2D eigenvalue weighted by atomic mass is 10.0. The molecule has 90 valence electrons. The molecule has 0 spiro atoms. The minimum atomic E-state index is 0.861. The minimum absolute atomic E-state index is 0.861. The van der Waals surface area contributed by atoms with E-state index in [2.05, 4.69) is 42.4 Å². The summed E-state index contributed by atoms with van der Waals surface area (Å²) < 4.78 is 0. The Labute approximate surface area is 106 Å². The van der Waals surface area contributed by atoms with Crippen molar-refractivity contribution in [3.05, 3.63) is 65.4 Å². The number of nitrogens with two attached hydrogens (primary N) is 1. The van der Waals surface area contributed by atoms with E-state index < -0.39 is 0 Å². The zero-order valence-corrected chi connectivity index (χ0v) is 10.4. The average molecular weight is 236 g/mol. The molecule has 3 aromatic rings. The van der Waals surface area contributed by atoms with Gasteiger partial charge in [-0.2, -0.15) is 0 Å². The first-order chi connectivity index (χ1) is 8.74. The first-order valence-corrected chi connectivity index (χ1v) is 6.14. The third-order valence-corrected chi connectivity index (χ3v) is 3.36. The van der Waals surface area contributed by atoms with Gasteiger partial charge in [-0.15, -0.1) is 0 Å². The molecule has 0 fully saturated rings. The van der Waals surface area contributed by atoms with E-state index >= 15 is 0 Å². The van der Waals surface area contributed by atoms with Gasteiger partial charge in [0.05, 0.1) is 0 Å². The molecule has 0 aliphatic rings. The maximum Gasteiger partial charge on any atom is 0.0457 e. The highest BCUT2D eigenvalue weighted by Gasteiger charge is 2.06. The Bertz CT molecular complexity index is 695. The summed E-state index contributed by atoms with van der Waals surface area (Å²) >= 11 is 0. The van der Waals surface area contributed by atoms with E-state index in [0.29, 0.717) is 0 Å². The lowest BCUT2D eigenvalue weighted by Gasteiger charge is -2.04. The Morgan fingerprint density at radius 1 is 1.06 bits per heavy atom. The number of nitrogens with one attached hydrogen (secondary N) is 1. The second kappa shape index (κ2) is 4.22. The van der Waals surface area contributed by atoms with Crippen molar-refractivity contribution in [1.29, 1.82) is 0 Å². The molecule has 0 aliphatic heterocycles. The van der Waals surface area contributed by atoms with Crippen LogP contribution in [0.15, 0.2) is 48.7 Å². The standard InChI is InChI=1S/C16H16N2/c1-11-6-7-16-14(8-11)13(10-18-16)9-12-4-2-3-5-15(12)17/h2-8,10,18H,9,17H2,1H3. The number of benzene rings is 2. The summed E-state index contributed by atoms with van der Waals surface area (Å²) in [6.07, 6.45) is 2.95. The number of anilines is 1. The van der Waals surface area contributed by atoms with Gasteiger partial charge in [0.1, 0.15) is 0 Å². The zero-order chi connectivity index (χ0) is 12.5. The fraction of sp³-hybridized carbons (Fsp3) is 0.125. The van der Waals surface area contributed by atoms with E-state index in [4.69, 9.17) is 5.73 Å². The molecule has 0 aliphatic carbocycles. The van der Waals surface area contributed by atoms with Gasteiger partial charge < -0.3 is 10.7 Å². The van der Waals surface area contributed by atoms with Crippen LogP contribution in [0.5, 0.6) is 0 Å². The van der Waals surface area contributed by atoms with Gasteiger partial charge in [-0.3, -0.25) is 0 Å². The molecule has 18 heavy (non-hydrogen) atoms. The van der Waals surface area contributed by atoms with Gasteiger partial charge in [-0.25, -0.2) is 0 Å². The third kappa shape index (κ3) is 1.86. The molecular weight excluding hydrogens is 220 g/mol. The fourth-order valence-corrected chi connectivity index (χ4v) is 2.34. The van der Waals surface area contributed by atoms with E-state index in [9.17, 15) is 0 Å². The number of H-pyrrole nitrogens is 1. The van der Waals surface area contributed by atoms with Crippen LogP contribution in [-0.4, -0.2) is 4.98 Å². The molecule has 0 amide bonds. The van der Waals surface area contributed by atoms with Crippen LogP contribution in [0, 0.1) is 6.92 Å². The Hall–Kier alpha value is -2.22. The lowest BCUT2D eigenvalue weighted by Crippen LogP contribution is -1.94. The summed E-state index contributed by atoms with van der Waals surface area (Å²) in [7, 11) is 0. The largest absolute Gasteiger partial charge is 0.398 e. The lowest BCUT2D eigenvalue weighted by molar-refractivity contribution is 1.21. The number of hydrogen-bond donors (Lipinski definition) is 2. The molecule has 1 heterocycles. The third-order valence-electron chi connectivity index (χ3n) is 3.36. The second-order valence-electron chi connectivity index (χ2n) is 4.74. The molecule has 3 rings (SSSR count). The van der Waals surface area contributed by atoms with Gasteiger partial charge in [-0.1, -0.05) is 29.8 Å². The highest BCUT2D eigenvalue weighted by Crippen LogP contribution is 2.24. The van der Waals surface area contributed by atoms with Crippen molar-refractivity contribution >= 4 is 16.6 Å². The van der Waals surface area contributed by atoms with Crippen molar-refractivity contribution in [3.63, 3.8) is 0 Å². The summed E-state index contributed by atoms with van der Waals surface area (Å²) in [5.41, 5.74) is 11.8. The van der Waals surface area contributed by atoms with Crippen molar-refractivity contribution in [3.8, 4) is 0 Å². The van der Waals surface area contributed by atoms with Gasteiger partial charge in [0.25, 0.3) is 0 Å². The van der Waals surface area contributed by atoms with Crippen molar-refractivity contribution < 1.29 is 0 Å². The Kier molecular flexibility index (Phi) is 2.56. The molecule has 0 saturated carbocycles. The molecule has 0 unspecified atom stereocenters. The zero-order valence-electron chi connectivity index (χ0n) is 10.4. The molecular formula is C16H16N2. The van der Waals surface area contributed by atoms with Crippen LogP contribution in [-0.2, 0) is 6.42 Å². The highest BCUT2D eigenvalue weighted by molar-refractivity contribution is 5.84. The number of nitrogen functional groups attached to an aromatic ring is 1. The summed E-state index contributed by atoms with van der Waals surface area (Å²) in [5, 5.41) is 1.29. The maximum atomic E-state index is 6.00. The number of para-hydroxylation sites is 1. The number of fused-ring (bicyclic) bond motifs is 1. The first-order valence-electron chi connectivity index (χ1n) is 6.14. The Morgan fingerprint density at radius 3 is 2.72 bits per heavy atom. The number of aromatic nitrogens is 1. The predicted octanol–water partition coefficient (Wildman–Crippen LogP) is 3.65. The van der Waals surface area contributed by atoms with E-state index in [1.807, 2.05) is 18.2 Å². The van der Waals surface area contributed by atoms with Crippen molar-refractivity contribution in [1.82, 2.24) is 4.98 Å². The number of aromatic amines is 1. The molecule has 2 heteroatoms. The van der Waals surface area contributed by atoms with E-state index in [0.717, 1.165) is 12.1 Å². The normalized spacial score (nSPS) is 10.9. The topological polar surface area (TPSA) is 41.8 Å². The molecule has 0 radical (unpaired) electrons.